The minimum atomic E-state index is -0.276. The summed E-state index contributed by atoms with van der Waals surface area (Å²) < 4.78 is 13.8. The van der Waals surface area contributed by atoms with E-state index >= 15 is 0 Å². The van der Waals surface area contributed by atoms with Crippen LogP contribution in [0.3, 0.4) is 0 Å². The number of ether oxygens (including phenoxy) is 2. The molecule has 0 aliphatic rings. The Balaban J connectivity index is 1.53. The molecule has 1 heterocycles. The topological polar surface area (TPSA) is 65.4 Å². The summed E-state index contributed by atoms with van der Waals surface area (Å²) in [4.78, 5) is 17.6. The van der Waals surface area contributed by atoms with E-state index in [0.29, 0.717) is 31.1 Å². The number of fused-ring (bicyclic) bond motifs is 1. The molecule has 4 rings (SSSR count). The fourth-order valence-corrected chi connectivity index (χ4v) is 3.80. The van der Waals surface area contributed by atoms with Crippen LogP contribution in [0, 0.1) is 6.92 Å². The van der Waals surface area contributed by atoms with Crippen LogP contribution in [0.4, 0.5) is 0 Å². The third-order valence-corrected chi connectivity index (χ3v) is 5.45. The maximum absolute atomic E-state index is 12.8. The van der Waals surface area contributed by atoms with Crippen LogP contribution in [-0.2, 0) is 6.54 Å². The normalized spacial score (nSPS) is 11.8. The van der Waals surface area contributed by atoms with E-state index in [9.17, 15) is 4.79 Å². The highest BCUT2D eigenvalue weighted by Crippen LogP contribution is 2.27. The van der Waals surface area contributed by atoms with Gasteiger partial charge in [0.2, 0.25) is 0 Å². The van der Waals surface area contributed by atoms with Crippen LogP contribution in [-0.4, -0.2) is 28.7 Å². The number of nitrogens with one attached hydrogen (secondary N) is 1. The molecular formula is C27H29N3O3. The summed E-state index contributed by atoms with van der Waals surface area (Å²) in [7, 11) is 0. The summed E-state index contributed by atoms with van der Waals surface area (Å²) in [5.74, 6) is 2.11. The number of imidazole rings is 1. The van der Waals surface area contributed by atoms with E-state index in [0.717, 1.165) is 28.2 Å². The van der Waals surface area contributed by atoms with E-state index in [1.54, 1.807) is 0 Å². The Morgan fingerprint density at radius 2 is 1.64 bits per heavy atom. The molecule has 33 heavy (non-hydrogen) atoms. The summed E-state index contributed by atoms with van der Waals surface area (Å²) in [6, 6.07) is 22.9. The molecule has 0 aliphatic heterocycles. The number of carbonyl (C=O) groups is 1. The predicted octanol–water partition coefficient (Wildman–Crippen LogP) is 5.31. The second kappa shape index (κ2) is 10.2. The quantitative estimate of drug-likeness (QED) is 0.381. The largest absolute Gasteiger partial charge is 0.490 e. The van der Waals surface area contributed by atoms with Crippen molar-refractivity contribution in [1.82, 2.24) is 14.9 Å². The molecule has 1 unspecified atom stereocenters. The molecule has 0 saturated carbocycles. The van der Waals surface area contributed by atoms with Crippen molar-refractivity contribution in [2.24, 2.45) is 0 Å². The molecule has 1 atom stereocenters. The molecule has 6 nitrogen and oxygen atoms in total. The standard InChI is InChI=1S/C27H29N3O3/c1-4-32-24-11-7-8-12-25(24)33-18-17-30-23-10-6-5-9-22(23)29-26(30)20(3)28-27(31)21-15-13-19(2)14-16-21/h5-16,20H,4,17-18H2,1-3H3,(H,28,31). The molecule has 6 heteroatoms. The van der Waals surface area contributed by atoms with Crippen molar-refractivity contribution in [3.05, 3.63) is 89.7 Å². The second-order valence-electron chi connectivity index (χ2n) is 7.90. The number of benzene rings is 3. The van der Waals surface area contributed by atoms with Crippen LogP contribution in [0.5, 0.6) is 11.5 Å². The first-order chi connectivity index (χ1) is 16.1. The number of rotatable bonds is 9. The third-order valence-electron chi connectivity index (χ3n) is 5.45. The Bertz CT molecular complexity index is 1230. The van der Waals surface area contributed by atoms with Crippen molar-refractivity contribution < 1.29 is 14.3 Å². The minimum Gasteiger partial charge on any atom is -0.490 e. The monoisotopic (exact) mass is 443 g/mol. The smallest absolute Gasteiger partial charge is 0.251 e. The van der Waals surface area contributed by atoms with E-state index in [1.165, 1.54) is 0 Å². The van der Waals surface area contributed by atoms with Gasteiger partial charge in [0, 0.05) is 5.56 Å². The van der Waals surface area contributed by atoms with Gasteiger partial charge >= 0.3 is 0 Å². The Morgan fingerprint density at radius 3 is 2.36 bits per heavy atom. The molecule has 1 aromatic heterocycles. The number of para-hydroxylation sites is 4. The third kappa shape index (κ3) is 5.17. The van der Waals surface area contributed by atoms with Crippen molar-refractivity contribution in [3.63, 3.8) is 0 Å². The lowest BCUT2D eigenvalue weighted by molar-refractivity contribution is 0.0937. The van der Waals surface area contributed by atoms with Crippen LogP contribution in [0.1, 0.15) is 41.6 Å². The molecule has 170 valence electrons. The summed E-state index contributed by atoms with van der Waals surface area (Å²) in [6.45, 7) is 7.51. The second-order valence-corrected chi connectivity index (χ2v) is 7.90. The van der Waals surface area contributed by atoms with Gasteiger partial charge < -0.3 is 19.4 Å². The first kappa shape index (κ1) is 22.4. The van der Waals surface area contributed by atoms with Crippen LogP contribution < -0.4 is 14.8 Å². The molecule has 3 aromatic carbocycles. The number of hydrogen-bond acceptors (Lipinski definition) is 4. The highest BCUT2D eigenvalue weighted by Gasteiger charge is 2.19. The van der Waals surface area contributed by atoms with Gasteiger partial charge in [-0.25, -0.2) is 4.98 Å². The maximum atomic E-state index is 12.8. The van der Waals surface area contributed by atoms with Gasteiger partial charge in [-0.2, -0.15) is 0 Å². The lowest BCUT2D eigenvalue weighted by Gasteiger charge is -2.17. The molecule has 0 bridgehead atoms. The van der Waals surface area contributed by atoms with E-state index in [-0.39, 0.29) is 11.9 Å². The summed E-state index contributed by atoms with van der Waals surface area (Å²) in [6.07, 6.45) is 0. The van der Waals surface area contributed by atoms with Gasteiger partial charge in [0.25, 0.3) is 5.91 Å². The van der Waals surface area contributed by atoms with Crippen molar-refractivity contribution in [3.8, 4) is 11.5 Å². The van der Waals surface area contributed by atoms with Crippen molar-refractivity contribution in [2.75, 3.05) is 13.2 Å². The zero-order chi connectivity index (χ0) is 23.2. The summed E-state index contributed by atoms with van der Waals surface area (Å²) in [5, 5.41) is 3.08. The Morgan fingerprint density at radius 1 is 0.970 bits per heavy atom. The lowest BCUT2D eigenvalue weighted by atomic mass is 10.1. The number of carbonyl (C=O) groups excluding carboxylic acids is 1. The number of aromatic nitrogens is 2. The Labute approximate surface area is 194 Å². The molecule has 0 saturated heterocycles. The van der Waals surface area contributed by atoms with Gasteiger partial charge in [-0.1, -0.05) is 42.0 Å². The van der Waals surface area contributed by atoms with E-state index in [4.69, 9.17) is 14.5 Å². The number of aryl methyl sites for hydroxylation is 1. The zero-order valence-electron chi connectivity index (χ0n) is 19.2. The molecule has 0 radical (unpaired) electrons. The first-order valence-corrected chi connectivity index (χ1v) is 11.2. The van der Waals surface area contributed by atoms with Crippen LogP contribution in [0.25, 0.3) is 11.0 Å². The fraction of sp³-hybridized carbons (Fsp3) is 0.259. The van der Waals surface area contributed by atoms with Gasteiger partial charge in [0.05, 0.1) is 30.2 Å². The highest BCUT2D eigenvalue weighted by molar-refractivity contribution is 5.94. The predicted molar refractivity (Wildman–Crippen MR) is 130 cm³/mol. The SMILES string of the molecule is CCOc1ccccc1OCCn1c(C(C)NC(=O)c2ccc(C)cc2)nc2ccccc21. The van der Waals surface area contributed by atoms with Crippen molar-refractivity contribution >= 4 is 16.9 Å². The van der Waals surface area contributed by atoms with Gasteiger partial charge in [-0.15, -0.1) is 0 Å². The molecule has 0 aliphatic carbocycles. The first-order valence-electron chi connectivity index (χ1n) is 11.2. The van der Waals surface area contributed by atoms with E-state index < -0.39 is 0 Å². The molecule has 1 amide bonds. The van der Waals surface area contributed by atoms with Gasteiger partial charge in [0.1, 0.15) is 12.4 Å². The minimum absolute atomic E-state index is 0.122. The van der Waals surface area contributed by atoms with Gasteiger partial charge in [-0.3, -0.25) is 4.79 Å². The molecular weight excluding hydrogens is 414 g/mol. The van der Waals surface area contributed by atoms with Crippen molar-refractivity contribution in [1.29, 1.82) is 0 Å². The van der Waals surface area contributed by atoms with Crippen molar-refractivity contribution in [2.45, 2.75) is 33.4 Å². The van der Waals surface area contributed by atoms with E-state index in [1.807, 2.05) is 93.6 Å². The lowest BCUT2D eigenvalue weighted by Crippen LogP contribution is -2.29. The average Bonchev–Trinajstić information content (AvgIpc) is 3.19. The zero-order valence-corrected chi connectivity index (χ0v) is 19.2. The Hall–Kier alpha value is -3.80. The molecule has 4 aromatic rings. The van der Waals surface area contributed by atoms with Gasteiger partial charge in [0.15, 0.2) is 11.5 Å². The summed E-state index contributed by atoms with van der Waals surface area (Å²) >= 11 is 0. The van der Waals surface area contributed by atoms with Crippen LogP contribution in [0.2, 0.25) is 0 Å². The Kier molecular flexibility index (Phi) is 6.93. The highest BCUT2D eigenvalue weighted by atomic mass is 16.5. The maximum Gasteiger partial charge on any atom is 0.251 e. The van der Waals surface area contributed by atoms with E-state index in [2.05, 4.69) is 9.88 Å². The number of nitrogens with zero attached hydrogens (tertiary/aromatic N) is 2. The molecule has 1 N–H and O–H groups in total. The van der Waals surface area contributed by atoms with Crippen LogP contribution >= 0.6 is 0 Å². The van der Waals surface area contributed by atoms with Crippen LogP contribution in [0.15, 0.2) is 72.8 Å². The molecule has 0 fully saturated rings. The number of amides is 1. The number of hydrogen-bond donors (Lipinski definition) is 1. The molecule has 0 spiro atoms. The fourth-order valence-electron chi connectivity index (χ4n) is 3.80. The summed E-state index contributed by atoms with van der Waals surface area (Å²) in [5.41, 5.74) is 3.64. The van der Waals surface area contributed by atoms with Gasteiger partial charge in [-0.05, 0) is 57.2 Å². The average molecular weight is 444 g/mol.